The lowest BCUT2D eigenvalue weighted by atomic mass is 9.92. The van der Waals surface area contributed by atoms with Crippen molar-refractivity contribution < 1.29 is 0 Å². The molecule has 1 heteroatoms. The minimum absolute atomic E-state index is 0.756. The highest BCUT2D eigenvalue weighted by molar-refractivity contribution is 4.72. The van der Waals surface area contributed by atoms with Gasteiger partial charge in [-0.2, -0.15) is 0 Å². The molecule has 104 valence electrons. The molecule has 0 fully saturated rings. The SMILES string of the molecule is CCCCCCCC(C)C(CCC)NCCC. The zero-order valence-corrected chi connectivity index (χ0v) is 12.7. The second-order valence-electron chi connectivity index (χ2n) is 5.53. The molecule has 0 aromatic heterocycles. The molecular weight excluding hydrogens is 206 g/mol. The minimum Gasteiger partial charge on any atom is -0.314 e. The van der Waals surface area contributed by atoms with E-state index in [1.807, 2.05) is 0 Å². The third kappa shape index (κ3) is 9.64. The van der Waals surface area contributed by atoms with E-state index in [1.165, 1.54) is 64.3 Å². The van der Waals surface area contributed by atoms with E-state index < -0.39 is 0 Å². The Balaban J connectivity index is 3.68. The average molecular weight is 241 g/mol. The Morgan fingerprint density at radius 2 is 1.47 bits per heavy atom. The molecule has 0 bridgehead atoms. The van der Waals surface area contributed by atoms with E-state index in [2.05, 4.69) is 33.0 Å². The van der Waals surface area contributed by atoms with Crippen LogP contribution < -0.4 is 5.32 Å². The van der Waals surface area contributed by atoms with Gasteiger partial charge in [0.15, 0.2) is 0 Å². The van der Waals surface area contributed by atoms with Crippen molar-refractivity contribution in [1.29, 1.82) is 0 Å². The molecule has 0 aromatic carbocycles. The van der Waals surface area contributed by atoms with Crippen LogP contribution >= 0.6 is 0 Å². The van der Waals surface area contributed by atoms with Gasteiger partial charge >= 0.3 is 0 Å². The molecule has 17 heavy (non-hydrogen) atoms. The maximum Gasteiger partial charge on any atom is 0.00925 e. The Morgan fingerprint density at radius 1 is 0.765 bits per heavy atom. The molecule has 0 spiro atoms. The van der Waals surface area contributed by atoms with Crippen LogP contribution in [0, 0.1) is 5.92 Å². The Hall–Kier alpha value is -0.0400. The fourth-order valence-corrected chi connectivity index (χ4v) is 2.50. The fraction of sp³-hybridized carbons (Fsp3) is 1.00. The molecule has 2 atom stereocenters. The molecule has 2 unspecified atom stereocenters. The molecule has 0 saturated heterocycles. The Labute approximate surface area is 110 Å². The summed E-state index contributed by atoms with van der Waals surface area (Å²) in [4.78, 5) is 0. The van der Waals surface area contributed by atoms with E-state index in [9.17, 15) is 0 Å². The standard InChI is InChI=1S/C16H35N/c1-5-8-9-10-11-13-15(4)16(12-6-2)17-14-7-3/h15-17H,5-14H2,1-4H3. The van der Waals surface area contributed by atoms with Crippen LogP contribution in [0.2, 0.25) is 0 Å². The molecule has 0 saturated carbocycles. The largest absolute Gasteiger partial charge is 0.314 e. The first-order valence-corrected chi connectivity index (χ1v) is 7.99. The first-order chi connectivity index (χ1) is 8.26. The summed E-state index contributed by atoms with van der Waals surface area (Å²) in [5.41, 5.74) is 0. The highest BCUT2D eigenvalue weighted by atomic mass is 14.9. The summed E-state index contributed by atoms with van der Waals surface area (Å²) in [6.45, 7) is 10.5. The molecule has 0 heterocycles. The monoisotopic (exact) mass is 241 g/mol. The van der Waals surface area contributed by atoms with Gasteiger partial charge in [-0.15, -0.1) is 0 Å². The van der Waals surface area contributed by atoms with Crippen molar-refractivity contribution in [2.24, 2.45) is 5.92 Å². The van der Waals surface area contributed by atoms with Crippen molar-refractivity contribution in [1.82, 2.24) is 5.32 Å². The molecule has 1 nitrogen and oxygen atoms in total. The van der Waals surface area contributed by atoms with Crippen LogP contribution in [-0.2, 0) is 0 Å². The van der Waals surface area contributed by atoms with E-state index in [0.717, 1.165) is 12.0 Å². The van der Waals surface area contributed by atoms with Crippen molar-refractivity contribution in [2.45, 2.75) is 91.5 Å². The molecule has 0 aliphatic rings. The van der Waals surface area contributed by atoms with Crippen LogP contribution in [0.5, 0.6) is 0 Å². The number of hydrogen-bond acceptors (Lipinski definition) is 1. The smallest absolute Gasteiger partial charge is 0.00925 e. The van der Waals surface area contributed by atoms with E-state index in [-0.39, 0.29) is 0 Å². The summed E-state index contributed by atoms with van der Waals surface area (Å²) < 4.78 is 0. The average Bonchev–Trinajstić information content (AvgIpc) is 2.34. The third-order valence-corrected chi connectivity index (χ3v) is 3.71. The Morgan fingerprint density at radius 3 is 2.06 bits per heavy atom. The highest BCUT2D eigenvalue weighted by Crippen LogP contribution is 2.17. The van der Waals surface area contributed by atoms with Gasteiger partial charge in [-0.05, 0) is 31.7 Å². The van der Waals surface area contributed by atoms with Gasteiger partial charge in [-0.1, -0.05) is 66.2 Å². The van der Waals surface area contributed by atoms with Crippen LogP contribution in [0.1, 0.15) is 85.5 Å². The summed E-state index contributed by atoms with van der Waals surface area (Å²) in [5.74, 6) is 0.850. The third-order valence-electron chi connectivity index (χ3n) is 3.71. The molecule has 0 aromatic rings. The Bertz CT molecular complexity index is 144. The van der Waals surface area contributed by atoms with E-state index in [4.69, 9.17) is 0 Å². The summed E-state index contributed by atoms with van der Waals surface area (Å²) in [5, 5.41) is 3.72. The van der Waals surface area contributed by atoms with Gasteiger partial charge in [0, 0.05) is 6.04 Å². The second-order valence-corrected chi connectivity index (χ2v) is 5.53. The first-order valence-electron chi connectivity index (χ1n) is 7.99. The van der Waals surface area contributed by atoms with Crippen molar-refractivity contribution in [3.8, 4) is 0 Å². The number of rotatable bonds is 12. The molecule has 0 rings (SSSR count). The van der Waals surface area contributed by atoms with Crippen molar-refractivity contribution in [3.63, 3.8) is 0 Å². The van der Waals surface area contributed by atoms with E-state index in [1.54, 1.807) is 0 Å². The lowest BCUT2D eigenvalue weighted by Gasteiger charge is -2.25. The molecule has 1 N–H and O–H groups in total. The summed E-state index contributed by atoms with van der Waals surface area (Å²) >= 11 is 0. The molecule has 0 radical (unpaired) electrons. The predicted molar refractivity (Wildman–Crippen MR) is 79.5 cm³/mol. The summed E-state index contributed by atoms with van der Waals surface area (Å²) in [7, 11) is 0. The van der Waals surface area contributed by atoms with Gasteiger partial charge in [-0.25, -0.2) is 0 Å². The fourth-order valence-electron chi connectivity index (χ4n) is 2.50. The topological polar surface area (TPSA) is 12.0 Å². The van der Waals surface area contributed by atoms with Gasteiger partial charge in [0.1, 0.15) is 0 Å². The van der Waals surface area contributed by atoms with Gasteiger partial charge in [0.05, 0.1) is 0 Å². The van der Waals surface area contributed by atoms with Gasteiger partial charge in [-0.3, -0.25) is 0 Å². The van der Waals surface area contributed by atoms with Crippen LogP contribution in [-0.4, -0.2) is 12.6 Å². The summed E-state index contributed by atoms with van der Waals surface area (Å²) in [6, 6.07) is 0.756. The minimum atomic E-state index is 0.756. The van der Waals surface area contributed by atoms with Crippen LogP contribution in [0.3, 0.4) is 0 Å². The van der Waals surface area contributed by atoms with Crippen LogP contribution in [0.4, 0.5) is 0 Å². The quantitative estimate of drug-likeness (QED) is 0.466. The lowest BCUT2D eigenvalue weighted by molar-refractivity contribution is 0.328. The number of nitrogens with one attached hydrogen (secondary N) is 1. The highest BCUT2D eigenvalue weighted by Gasteiger charge is 2.14. The van der Waals surface area contributed by atoms with Gasteiger partial charge in [0.2, 0.25) is 0 Å². The normalized spacial score (nSPS) is 14.8. The zero-order valence-electron chi connectivity index (χ0n) is 12.7. The lowest BCUT2D eigenvalue weighted by Crippen LogP contribution is -2.35. The van der Waals surface area contributed by atoms with Gasteiger partial charge in [0.25, 0.3) is 0 Å². The van der Waals surface area contributed by atoms with Crippen molar-refractivity contribution in [3.05, 3.63) is 0 Å². The number of unbranched alkanes of at least 4 members (excludes halogenated alkanes) is 4. The summed E-state index contributed by atoms with van der Waals surface area (Å²) in [6.07, 6.45) is 12.4. The molecule has 0 aliphatic carbocycles. The van der Waals surface area contributed by atoms with E-state index >= 15 is 0 Å². The van der Waals surface area contributed by atoms with Crippen molar-refractivity contribution >= 4 is 0 Å². The maximum atomic E-state index is 3.72. The first kappa shape index (κ1) is 17.0. The second kappa shape index (κ2) is 12.4. The predicted octanol–water partition coefficient (Wildman–Crippen LogP) is 5.15. The molecular formula is C16H35N. The Kier molecular flexibility index (Phi) is 12.4. The number of hydrogen-bond donors (Lipinski definition) is 1. The van der Waals surface area contributed by atoms with E-state index in [0.29, 0.717) is 0 Å². The van der Waals surface area contributed by atoms with Gasteiger partial charge < -0.3 is 5.32 Å². The maximum absolute atomic E-state index is 3.72. The molecule has 0 amide bonds. The van der Waals surface area contributed by atoms with Crippen LogP contribution in [0.15, 0.2) is 0 Å². The van der Waals surface area contributed by atoms with Crippen molar-refractivity contribution in [2.75, 3.05) is 6.54 Å². The van der Waals surface area contributed by atoms with Crippen LogP contribution in [0.25, 0.3) is 0 Å². The zero-order chi connectivity index (χ0) is 12.9. The molecule has 0 aliphatic heterocycles.